The second-order valence-electron chi connectivity index (χ2n) is 4.99. The fourth-order valence-electron chi connectivity index (χ4n) is 2.06. The number of hydrogen-bond acceptors (Lipinski definition) is 2. The van der Waals surface area contributed by atoms with Crippen LogP contribution >= 0.6 is 11.6 Å². The molecule has 98 valence electrons. The van der Waals surface area contributed by atoms with Crippen LogP contribution in [0.5, 0.6) is 0 Å². The summed E-state index contributed by atoms with van der Waals surface area (Å²) in [6, 6.07) is 7.61. The Kier molecular flexibility index (Phi) is 4.25. The van der Waals surface area contributed by atoms with Crippen molar-refractivity contribution in [1.29, 1.82) is 0 Å². The lowest BCUT2D eigenvalue weighted by molar-refractivity contribution is -0.127. The molecule has 0 saturated carbocycles. The molecule has 1 amide bonds. The summed E-state index contributed by atoms with van der Waals surface area (Å²) in [5, 5.41) is 6.96. The number of nitrogens with one attached hydrogen (secondary N) is 2. The highest BCUT2D eigenvalue weighted by Gasteiger charge is 2.29. The molecule has 4 heteroatoms. The quantitative estimate of drug-likeness (QED) is 0.879. The van der Waals surface area contributed by atoms with E-state index in [1.54, 1.807) is 0 Å². The van der Waals surface area contributed by atoms with Crippen molar-refractivity contribution in [3.63, 3.8) is 0 Å². The molecule has 18 heavy (non-hydrogen) atoms. The maximum atomic E-state index is 12.1. The Morgan fingerprint density at radius 3 is 2.44 bits per heavy atom. The molecule has 2 atom stereocenters. The van der Waals surface area contributed by atoms with E-state index in [4.69, 9.17) is 11.6 Å². The van der Waals surface area contributed by atoms with Gasteiger partial charge in [0.05, 0.1) is 6.04 Å². The summed E-state index contributed by atoms with van der Waals surface area (Å²) in [4.78, 5) is 12.1. The van der Waals surface area contributed by atoms with Crippen LogP contribution in [0.4, 0.5) is 0 Å². The van der Waals surface area contributed by atoms with Gasteiger partial charge in [0.15, 0.2) is 0 Å². The topological polar surface area (TPSA) is 41.1 Å². The second-order valence-corrected chi connectivity index (χ2v) is 5.43. The Labute approximate surface area is 113 Å². The van der Waals surface area contributed by atoms with Crippen molar-refractivity contribution in [1.82, 2.24) is 10.6 Å². The van der Waals surface area contributed by atoms with Gasteiger partial charge in [0.1, 0.15) is 0 Å². The van der Waals surface area contributed by atoms with Gasteiger partial charge >= 0.3 is 0 Å². The first-order chi connectivity index (χ1) is 8.58. The number of hydrogen-bond donors (Lipinski definition) is 2. The smallest absolute Gasteiger partial charge is 0.223 e. The minimum atomic E-state index is 0.0188. The summed E-state index contributed by atoms with van der Waals surface area (Å²) in [5.74, 6) is 0.673. The normalized spacial score (nSPS) is 18.8. The Hall–Kier alpha value is -1.06. The van der Waals surface area contributed by atoms with Crippen LogP contribution in [-0.2, 0) is 4.79 Å². The van der Waals surface area contributed by atoms with E-state index in [1.165, 1.54) is 0 Å². The molecule has 1 aliphatic heterocycles. The molecule has 1 saturated heterocycles. The standard InChI is InChI=1S/C14H19ClN2O/c1-9(12-7-16-8-12)14(18)17-10(2)11-3-5-13(15)6-4-11/h3-6,9-10,12,16H,7-8H2,1-2H3,(H,17,18)/t9?,10-/m0/s1. The number of rotatable bonds is 4. The first-order valence-corrected chi connectivity index (χ1v) is 6.72. The molecule has 2 rings (SSSR count). The van der Waals surface area contributed by atoms with Gasteiger partial charge in [-0.1, -0.05) is 30.7 Å². The maximum absolute atomic E-state index is 12.1. The zero-order valence-corrected chi connectivity index (χ0v) is 11.5. The largest absolute Gasteiger partial charge is 0.349 e. The maximum Gasteiger partial charge on any atom is 0.223 e. The van der Waals surface area contributed by atoms with Crippen molar-refractivity contribution in [3.05, 3.63) is 34.9 Å². The highest BCUT2D eigenvalue weighted by molar-refractivity contribution is 6.30. The lowest BCUT2D eigenvalue weighted by Gasteiger charge is -2.32. The number of carbonyl (C=O) groups excluding carboxylic acids is 1. The van der Waals surface area contributed by atoms with Crippen molar-refractivity contribution < 1.29 is 4.79 Å². The first kappa shape index (κ1) is 13.4. The summed E-state index contributed by atoms with van der Waals surface area (Å²) < 4.78 is 0. The van der Waals surface area contributed by atoms with Crippen molar-refractivity contribution >= 4 is 17.5 Å². The van der Waals surface area contributed by atoms with E-state index in [0.717, 1.165) is 18.7 Å². The monoisotopic (exact) mass is 266 g/mol. The van der Waals surface area contributed by atoms with E-state index < -0.39 is 0 Å². The zero-order chi connectivity index (χ0) is 13.1. The minimum absolute atomic E-state index is 0.0188. The molecule has 1 unspecified atom stereocenters. The van der Waals surface area contributed by atoms with Gasteiger partial charge in [-0.15, -0.1) is 0 Å². The molecule has 1 aromatic rings. The molecule has 1 aliphatic rings. The molecular weight excluding hydrogens is 248 g/mol. The first-order valence-electron chi connectivity index (χ1n) is 6.34. The average molecular weight is 267 g/mol. The van der Waals surface area contributed by atoms with Crippen LogP contribution in [-0.4, -0.2) is 19.0 Å². The van der Waals surface area contributed by atoms with Crippen LogP contribution in [0.1, 0.15) is 25.5 Å². The third kappa shape index (κ3) is 3.03. The van der Waals surface area contributed by atoms with E-state index in [-0.39, 0.29) is 17.9 Å². The van der Waals surface area contributed by atoms with Crippen LogP contribution in [0.3, 0.4) is 0 Å². The lowest BCUT2D eigenvalue weighted by Crippen LogP contribution is -2.49. The van der Waals surface area contributed by atoms with E-state index >= 15 is 0 Å². The SMILES string of the molecule is CC(C(=O)N[C@@H](C)c1ccc(Cl)cc1)C1CNC1. The average Bonchev–Trinajstić information content (AvgIpc) is 2.27. The Morgan fingerprint density at radius 1 is 1.33 bits per heavy atom. The zero-order valence-electron chi connectivity index (χ0n) is 10.7. The molecule has 0 aliphatic carbocycles. The van der Waals surface area contributed by atoms with E-state index in [0.29, 0.717) is 10.9 Å². The minimum Gasteiger partial charge on any atom is -0.349 e. The highest BCUT2D eigenvalue weighted by atomic mass is 35.5. The van der Waals surface area contributed by atoms with Gasteiger partial charge in [-0.25, -0.2) is 0 Å². The Morgan fingerprint density at radius 2 is 1.94 bits per heavy atom. The van der Waals surface area contributed by atoms with Gasteiger partial charge in [0.25, 0.3) is 0 Å². The molecule has 0 spiro atoms. The predicted octanol–water partition coefficient (Wildman–Crippen LogP) is 2.37. The number of benzene rings is 1. The fourth-order valence-corrected chi connectivity index (χ4v) is 2.18. The second kappa shape index (κ2) is 5.72. The number of amides is 1. The van der Waals surface area contributed by atoms with E-state index in [9.17, 15) is 4.79 Å². The molecule has 3 nitrogen and oxygen atoms in total. The molecule has 1 aromatic carbocycles. The molecule has 1 fully saturated rings. The summed E-state index contributed by atoms with van der Waals surface area (Å²) in [7, 11) is 0. The molecule has 1 heterocycles. The summed E-state index contributed by atoms with van der Waals surface area (Å²) >= 11 is 5.85. The Balaban J connectivity index is 1.91. The molecule has 2 N–H and O–H groups in total. The number of halogens is 1. The van der Waals surface area contributed by atoms with Gasteiger partial charge in [-0.05, 0) is 43.6 Å². The molecular formula is C14H19ClN2O. The lowest BCUT2D eigenvalue weighted by atomic mass is 9.88. The van der Waals surface area contributed by atoms with Crippen LogP contribution in [0.2, 0.25) is 5.02 Å². The summed E-state index contributed by atoms with van der Waals surface area (Å²) in [5.41, 5.74) is 1.08. The van der Waals surface area contributed by atoms with E-state index in [2.05, 4.69) is 10.6 Å². The van der Waals surface area contributed by atoms with Gasteiger partial charge in [-0.3, -0.25) is 4.79 Å². The van der Waals surface area contributed by atoms with Crippen molar-refractivity contribution in [2.45, 2.75) is 19.9 Å². The predicted molar refractivity (Wildman–Crippen MR) is 73.5 cm³/mol. The van der Waals surface area contributed by atoms with Crippen LogP contribution < -0.4 is 10.6 Å². The fraction of sp³-hybridized carbons (Fsp3) is 0.500. The van der Waals surface area contributed by atoms with E-state index in [1.807, 2.05) is 38.1 Å². The molecule has 0 aromatic heterocycles. The number of carbonyl (C=O) groups is 1. The van der Waals surface area contributed by atoms with Gasteiger partial charge in [0, 0.05) is 10.9 Å². The third-order valence-corrected chi connectivity index (χ3v) is 3.91. The summed E-state index contributed by atoms with van der Waals surface area (Å²) in [6.45, 7) is 5.89. The molecule has 0 bridgehead atoms. The van der Waals surface area contributed by atoms with Gasteiger partial charge < -0.3 is 10.6 Å². The van der Waals surface area contributed by atoms with Crippen molar-refractivity contribution in [2.75, 3.05) is 13.1 Å². The molecule has 0 radical (unpaired) electrons. The van der Waals surface area contributed by atoms with Crippen LogP contribution in [0, 0.1) is 11.8 Å². The third-order valence-electron chi connectivity index (χ3n) is 3.66. The van der Waals surface area contributed by atoms with Crippen molar-refractivity contribution in [2.24, 2.45) is 11.8 Å². The van der Waals surface area contributed by atoms with Gasteiger partial charge in [0.2, 0.25) is 5.91 Å². The van der Waals surface area contributed by atoms with Gasteiger partial charge in [-0.2, -0.15) is 0 Å². The van der Waals surface area contributed by atoms with Crippen LogP contribution in [0.25, 0.3) is 0 Å². The summed E-state index contributed by atoms with van der Waals surface area (Å²) in [6.07, 6.45) is 0. The van der Waals surface area contributed by atoms with Crippen LogP contribution in [0.15, 0.2) is 24.3 Å². The Bertz CT molecular complexity index is 414. The highest BCUT2D eigenvalue weighted by Crippen LogP contribution is 2.19. The van der Waals surface area contributed by atoms with Crippen molar-refractivity contribution in [3.8, 4) is 0 Å².